The zero-order valence-corrected chi connectivity index (χ0v) is 12.3. The van der Waals surface area contributed by atoms with E-state index in [1.807, 2.05) is 18.2 Å². The van der Waals surface area contributed by atoms with Gasteiger partial charge in [-0.2, -0.15) is 5.10 Å². The number of nitrogens with one attached hydrogen (secondary N) is 1. The molecule has 0 aromatic carbocycles. The Bertz CT molecular complexity index is 847. The van der Waals surface area contributed by atoms with E-state index in [2.05, 4.69) is 19.8 Å². The van der Waals surface area contributed by atoms with Crippen LogP contribution >= 0.6 is 0 Å². The minimum atomic E-state index is -3.69. The number of hydrogen-bond donors (Lipinski definition) is 1. The summed E-state index contributed by atoms with van der Waals surface area (Å²) in [4.78, 5) is 8.12. The number of nitrogens with zero attached hydrogens (tertiary/aromatic N) is 4. The molecule has 0 atom stereocenters. The van der Waals surface area contributed by atoms with Crippen molar-refractivity contribution in [2.75, 3.05) is 4.72 Å². The van der Waals surface area contributed by atoms with Gasteiger partial charge in [-0.3, -0.25) is 14.7 Å². The summed E-state index contributed by atoms with van der Waals surface area (Å²) in [5.41, 5.74) is 0.785. The van der Waals surface area contributed by atoms with Crippen LogP contribution in [0, 0.1) is 0 Å². The minimum absolute atomic E-state index is 0.0978. The van der Waals surface area contributed by atoms with Crippen LogP contribution in [0.25, 0.3) is 0 Å². The van der Waals surface area contributed by atoms with Crippen LogP contribution in [0.5, 0.6) is 0 Å². The molecule has 0 saturated carbocycles. The third-order valence-electron chi connectivity index (χ3n) is 2.94. The summed E-state index contributed by atoms with van der Waals surface area (Å²) in [6.07, 6.45) is 6.02. The van der Waals surface area contributed by atoms with Crippen molar-refractivity contribution >= 4 is 15.8 Å². The van der Waals surface area contributed by atoms with Crippen molar-refractivity contribution in [1.82, 2.24) is 19.7 Å². The predicted octanol–water partition coefficient (Wildman–Crippen LogP) is 1.52. The zero-order chi connectivity index (χ0) is 15.4. The molecule has 7 nitrogen and oxygen atoms in total. The van der Waals surface area contributed by atoms with Gasteiger partial charge in [-0.25, -0.2) is 13.1 Å². The molecule has 3 aromatic rings. The summed E-state index contributed by atoms with van der Waals surface area (Å²) in [6.45, 7) is 0.374. The Kier molecular flexibility index (Phi) is 3.84. The average Bonchev–Trinajstić information content (AvgIpc) is 2.95. The summed E-state index contributed by atoms with van der Waals surface area (Å²) >= 11 is 0. The van der Waals surface area contributed by atoms with Crippen molar-refractivity contribution in [1.29, 1.82) is 0 Å². The van der Waals surface area contributed by atoms with Gasteiger partial charge in [-0.1, -0.05) is 6.07 Å². The highest BCUT2D eigenvalue weighted by Crippen LogP contribution is 2.15. The highest BCUT2D eigenvalue weighted by molar-refractivity contribution is 7.92. The van der Waals surface area contributed by atoms with E-state index in [4.69, 9.17) is 0 Å². The molecule has 1 N–H and O–H groups in total. The van der Waals surface area contributed by atoms with Gasteiger partial charge in [0.05, 0.1) is 18.4 Å². The van der Waals surface area contributed by atoms with E-state index < -0.39 is 10.0 Å². The topological polar surface area (TPSA) is 89.8 Å². The fraction of sp³-hybridized carbons (Fsp3) is 0.0714. The van der Waals surface area contributed by atoms with Gasteiger partial charge in [0.15, 0.2) is 0 Å². The smallest absolute Gasteiger partial charge is 0.264 e. The lowest BCUT2D eigenvalue weighted by Crippen LogP contribution is -2.17. The van der Waals surface area contributed by atoms with Crippen LogP contribution in [0.2, 0.25) is 0 Å². The van der Waals surface area contributed by atoms with Crippen molar-refractivity contribution in [3.63, 3.8) is 0 Å². The molecular formula is C14H13N5O2S. The number of rotatable bonds is 5. The van der Waals surface area contributed by atoms with Crippen LogP contribution in [0.15, 0.2) is 66.1 Å². The van der Waals surface area contributed by atoms with E-state index in [9.17, 15) is 8.42 Å². The lowest BCUT2D eigenvalue weighted by molar-refractivity contribution is 0.599. The summed E-state index contributed by atoms with van der Waals surface area (Å²) in [5, 5.41) is 4.12. The Morgan fingerprint density at radius 3 is 2.68 bits per heavy atom. The van der Waals surface area contributed by atoms with E-state index in [1.165, 1.54) is 29.3 Å². The highest BCUT2D eigenvalue weighted by Gasteiger charge is 2.16. The Morgan fingerprint density at radius 2 is 1.95 bits per heavy atom. The lowest BCUT2D eigenvalue weighted by Gasteiger charge is -2.10. The number of sulfonamides is 1. The second-order valence-corrected chi connectivity index (χ2v) is 6.17. The first-order valence-electron chi connectivity index (χ1n) is 6.50. The van der Waals surface area contributed by atoms with Crippen molar-refractivity contribution in [3.05, 3.63) is 66.9 Å². The van der Waals surface area contributed by atoms with E-state index in [-0.39, 0.29) is 4.90 Å². The second-order valence-electron chi connectivity index (χ2n) is 4.49. The number of pyridine rings is 2. The second kappa shape index (κ2) is 5.94. The zero-order valence-electron chi connectivity index (χ0n) is 11.5. The molecule has 3 heterocycles. The van der Waals surface area contributed by atoms with Crippen molar-refractivity contribution in [3.8, 4) is 0 Å². The first-order chi connectivity index (χ1) is 10.6. The third-order valence-corrected chi connectivity index (χ3v) is 4.28. The Balaban J connectivity index is 1.84. The van der Waals surface area contributed by atoms with E-state index in [1.54, 1.807) is 18.3 Å². The molecule has 0 aliphatic heterocycles. The molecule has 8 heteroatoms. The molecule has 0 aliphatic rings. The molecule has 22 heavy (non-hydrogen) atoms. The highest BCUT2D eigenvalue weighted by atomic mass is 32.2. The molecule has 0 bridgehead atoms. The molecule has 0 aliphatic carbocycles. The third kappa shape index (κ3) is 3.12. The fourth-order valence-electron chi connectivity index (χ4n) is 1.89. The molecule has 3 rings (SSSR count). The van der Waals surface area contributed by atoms with Crippen molar-refractivity contribution in [2.45, 2.75) is 11.4 Å². The summed E-state index contributed by atoms with van der Waals surface area (Å²) in [5.74, 6) is 0.370. The van der Waals surface area contributed by atoms with Gasteiger partial charge in [-0.15, -0.1) is 0 Å². The Hall–Kier alpha value is -2.74. The van der Waals surface area contributed by atoms with Crippen LogP contribution in [-0.2, 0) is 16.6 Å². The van der Waals surface area contributed by atoms with Gasteiger partial charge >= 0.3 is 0 Å². The van der Waals surface area contributed by atoms with Gasteiger partial charge < -0.3 is 0 Å². The summed E-state index contributed by atoms with van der Waals surface area (Å²) in [7, 11) is -3.69. The first-order valence-corrected chi connectivity index (χ1v) is 7.98. The monoisotopic (exact) mass is 315 g/mol. The maximum atomic E-state index is 12.3. The van der Waals surface area contributed by atoms with Crippen LogP contribution < -0.4 is 4.72 Å². The van der Waals surface area contributed by atoms with E-state index in [0.29, 0.717) is 12.4 Å². The average molecular weight is 315 g/mol. The number of aromatic nitrogens is 4. The molecule has 112 valence electrons. The lowest BCUT2D eigenvalue weighted by atomic mass is 10.3. The van der Waals surface area contributed by atoms with Crippen LogP contribution in [0.3, 0.4) is 0 Å². The van der Waals surface area contributed by atoms with Crippen molar-refractivity contribution < 1.29 is 8.42 Å². The molecule has 0 amide bonds. The number of anilines is 1. The normalized spacial score (nSPS) is 11.3. The first kappa shape index (κ1) is 14.2. The number of hydrogen-bond acceptors (Lipinski definition) is 5. The van der Waals surface area contributed by atoms with Crippen LogP contribution in [-0.4, -0.2) is 28.2 Å². The molecular weight excluding hydrogens is 302 g/mol. The molecule has 3 aromatic heterocycles. The van der Waals surface area contributed by atoms with Gasteiger partial charge in [0.1, 0.15) is 10.7 Å². The summed E-state index contributed by atoms with van der Waals surface area (Å²) in [6, 6.07) is 10.2. The molecule has 0 saturated heterocycles. The van der Waals surface area contributed by atoms with E-state index in [0.717, 1.165) is 5.69 Å². The minimum Gasteiger partial charge on any atom is -0.264 e. The fourth-order valence-corrected chi connectivity index (χ4v) is 2.92. The van der Waals surface area contributed by atoms with Gasteiger partial charge in [0.2, 0.25) is 0 Å². The standard InChI is InChI=1S/C14H13N5O2S/c20-22(21,13-5-3-7-15-10-13)18-14-6-9-17-19(14)11-12-4-1-2-8-16-12/h1-10,18H,11H2. The van der Waals surface area contributed by atoms with Crippen LogP contribution in [0.4, 0.5) is 5.82 Å². The van der Waals surface area contributed by atoms with Gasteiger partial charge in [0.25, 0.3) is 10.0 Å². The predicted molar refractivity (Wildman–Crippen MR) is 80.6 cm³/mol. The van der Waals surface area contributed by atoms with E-state index >= 15 is 0 Å². The molecule has 0 unspecified atom stereocenters. The van der Waals surface area contributed by atoms with Crippen LogP contribution in [0.1, 0.15) is 5.69 Å². The SMILES string of the molecule is O=S(=O)(Nc1ccnn1Cc1ccccn1)c1cccnc1. The van der Waals surface area contributed by atoms with Crippen molar-refractivity contribution in [2.24, 2.45) is 0 Å². The Morgan fingerprint density at radius 1 is 1.05 bits per heavy atom. The largest absolute Gasteiger partial charge is 0.264 e. The maximum absolute atomic E-state index is 12.3. The Labute approximate surface area is 127 Å². The quantitative estimate of drug-likeness (QED) is 0.771. The maximum Gasteiger partial charge on any atom is 0.264 e. The molecule has 0 spiro atoms. The molecule has 0 fully saturated rings. The summed E-state index contributed by atoms with van der Waals surface area (Å²) < 4.78 is 28.6. The van der Waals surface area contributed by atoms with Gasteiger partial charge in [0, 0.05) is 24.7 Å². The molecule has 0 radical (unpaired) electrons. The van der Waals surface area contributed by atoms with Gasteiger partial charge in [-0.05, 0) is 24.3 Å².